The first-order chi connectivity index (χ1) is 11.1. The van der Waals surface area contributed by atoms with Gasteiger partial charge < -0.3 is 14.9 Å². The predicted octanol–water partition coefficient (Wildman–Crippen LogP) is 2.76. The standard InChI is InChI=1S/C16H21F2NO5/c1-11(2)8-9-15(23,16(17,18)13(20)21)19-14(22)24-10-12-6-4-3-5-7-12/h3-7,11,23H,8-10H2,1-2H3,(H,19,22)(H,20,21). The Balaban J connectivity index is 2.80. The molecular weight excluding hydrogens is 324 g/mol. The van der Waals surface area contributed by atoms with Gasteiger partial charge in [0.25, 0.3) is 0 Å². The summed E-state index contributed by atoms with van der Waals surface area (Å²) in [6, 6.07) is 8.47. The van der Waals surface area contributed by atoms with E-state index in [-0.39, 0.29) is 18.9 Å². The van der Waals surface area contributed by atoms with Crippen LogP contribution in [-0.4, -0.2) is 33.9 Å². The zero-order chi connectivity index (χ0) is 18.4. The molecule has 0 radical (unpaired) electrons. The molecule has 8 heteroatoms. The number of carbonyl (C=O) groups excluding carboxylic acids is 1. The van der Waals surface area contributed by atoms with E-state index < -0.39 is 30.1 Å². The van der Waals surface area contributed by atoms with E-state index in [1.54, 1.807) is 49.5 Å². The number of halogens is 2. The second-order valence-electron chi connectivity index (χ2n) is 5.86. The Labute approximate surface area is 138 Å². The lowest BCUT2D eigenvalue weighted by molar-refractivity contribution is -0.217. The van der Waals surface area contributed by atoms with Gasteiger partial charge in [0.15, 0.2) is 0 Å². The van der Waals surface area contributed by atoms with Crippen LogP contribution in [0.4, 0.5) is 13.6 Å². The summed E-state index contributed by atoms with van der Waals surface area (Å²) in [6.45, 7) is 3.23. The fourth-order valence-corrected chi connectivity index (χ4v) is 1.90. The first kappa shape index (κ1) is 19.8. The molecule has 0 heterocycles. The van der Waals surface area contributed by atoms with Crippen molar-refractivity contribution in [2.24, 2.45) is 5.92 Å². The number of nitrogens with one attached hydrogen (secondary N) is 1. The van der Waals surface area contributed by atoms with Gasteiger partial charge >= 0.3 is 18.0 Å². The lowest BCUT2D eigenvalue weighted by atomic mass is 9.95. The third kappa shape index (κ3) is 5.16. The highest BCUT2D eigenvalue weighted by Gasteiger charge is 2.60. The third-order valence-electron chi connectivity index (χ3n) is 3.39. The van der Waals surface area contributed by atoms with E-state index in [1.165, 1.54) is 0 Å². The fourth-order valence-electron chi connectivity index (χ4n) is 1.90. The number of carboxylic acids is 1. The van der Waals surface area contributed by atoms with E-state index in [0.29, 0.717) is 5.56 Å². The summed E-state index contributed by atoms with van der Waals surface area (Å²) >= 11 is 0. The van der Waals surface area contributed by atoms with Crippen LogP contribution in [0.25, 0.3) is 0 Å². The van der Waals surface area contributed by atoms with Crippen molar-refractivity contribution in [3.63, 3.8) is 0 Å². The van der Waals surface area contributed by atoms with Crippen LogP contribution in [0.3, 0.4) is 0 Å². The molecule has 0 saturated carbocycles. The zero-order valence-corrected chi connectivity index (χ0v) is 13.5. The second-order valence-corrected chi connectivity index (χ2v) is 5.86. The predicted molar refractivity (Wildman–Crippen MR) is 81.4 cm³/mol. The average Bonchev–Trinajstić information content (AvgIpc) is 2.51. The molecule has 134 valence electrons. The monoisotopic (exact) mass is 345 g/mol. The van der Waals surface area contributed by atoms with Crippen LogP contribution in [0.15, 0.2) is 30.3 Å². The number of rotatable bonds is 8. The Morgan fingerprint density at radius 2 is 1.83 bits per heavy atom. The van der Waals surface area contributed by atoms with E-state index in [4.69, 9.17) is 9.84 Å². The summed E-state index contributed by atoms with van der Waals surface area (Å²) in [5.74, 6) is -7.17. The molecule has 0 bridgehead atoms. The topological polar surface area (TPSA) is 95.9 Å². The Morgan fingerprint density at radius 3 is 2.33 bits per heavy atom. The summed E-state index contributed by atoms with van der Waals surface area (Å²) < 4.78 is 32.5. The van der Waals surface area contributed by atoms with Crippen molar-refractivity contribution in [2.45, 2.75) is 44.9 Å². The van der Waals surface area contributed by atoms with Crippen LogP contribution in [0.2, 0.25) is 0 Å². The highest BCUT2D eigenvalue weighted by molar-refractivity contribution is 5.78. The van der Waals surface area contributed by atoms with Gasteiger partial charge in [0, 0.05) is 6.42 Å². The van der Waals surface area contributed by atoms with Crippen molar-refractivity contribution in [3.8, 4) is 0 Å². The van der Waals surface area contributed by atoms with Crippen LogP contribution < -0.4 is 5.32 Å². The summed E-state index contributed by atoms with van der Waals surface area (Å²) in [7, 11) is 0. The zero-order valence-electron chi connectivity index (χ0n) is 13.5. The maximum absolute atomic E-state index is 13.8. The Kier molecular flexibility index (Phi) is 6.65. The molecule has 6 nitrogen and oxygen atoms in total. The van der Waals surface area contributed by atoms with Crippen LogP contribution in [0, 0.1) is 5.92 Å². The normalized spacial score (nSPS) is 14.1. The number of aliphatic hydroxyl groups is 1. The molecule has 0 saturated heterocycles. The van der Waals surface area contributed by atoms with Crippen molar-refractivity contribution >= 4 is 12.1 Å². The van der Waals surface area contributed by atoms with Crippen molar-refractivity contribution in [1.82, 2.24) is 5.32 Å². The number of amides is 1. The Bertz CT molecular complexity index is 565. The quantitative estimate of drug-likeness (QED) is 0.630. The molecule has 0 spiro atoms. The highest BCUT2D eigenvalue weighted by Crippen LogP contribution is 2.32. The molecule has 1 aromatic carbocycles. The van der Waals surface area contributed by atoms with E-state index in [9.17, 15) is 23.5 Å². The summed E-state index contributed by atoms with van der Waals surface area (Å²) in [4.78, 5) is 22.5. The molecule has 3 N–H and O–H groups in total. The van der Waals surface area contributed by atoms with Gasteiger partial charge in [0.2, 0.25) is 5.72 Å². The van der Waals surface area contributed by atoms with E-state index >= 15 is 0 Å². The van der Waals surface area contributed by atoms with Gasteiger partial charge in [0.05, 0.1) is 0 Å². The molecule has 1 atom stereocenters. The molecule has 0 aliphatic heterocycles. The minimum absolute atomic E-state index is 0.0803. The van der Waals surface area contributed by atoms with Crippen LogP contribution in [-0.2, 0) is 16.1 Å². The van der Waals surface area contributed by atoms with Gasteiger partial charge in [-0.2, -0.15) is 8.78 Å². The molecule has 1 unspecified atom stereocenters. The van der Waals surface area contributed by atoms with Gasteiger partial charge in [-0.25, -0.2) is 9.59 Å². The van der Waals surface area contributed by atoms with E-state index in [2.05, 4.69) is 0 Å². The third-order valence-corrected chi connectivity index (χ3v) is 3.39. The number of alkyl carbamates (subject to hydrolysis) is 1. The van der Waals surface area contributed by atoms with Gasteiger partial charge in [-0.3, -0.25) is 5.32 Å². The highest BCUT2D eigenvalue weighted by atomic mass is 19.3. The van der Waals surface area contributed by atoms with Crippen molar-refractivity contribution in [1.29, 1.82) is 0 Å². The van der Waals surface area contributed by atoms with Gasteiger partial charge in [-0.05, 0) is 17.9 Å². The number of carboxylic acid groups (broad SMARTS) is 1. The number of carbonyl (C=O) groups is 2. The molecule has 0 aromatic heterocycles. The number of ether oxygens (including phenoxy) is 1. The van der Waals surface area contributed by atoms with Gasteiger partial charge in [-0.1, -0.05) is 44.2 Å². The molecule has 0 aliphatic carbocycles. The maximum atomic E-state index is 13.8. The minimum Gasteiger partial charge on any atom is -0.477 e. The first-order valence-corrected chi connectivity index (χ1v) is 7.41. The fraction of sp³-hybridized carbons (Fsp3) is 0.500. The largest absolute Gasteiger partial charge is 0.477 e. The molecular formula is C16H21F2NO5. The lowest BCUT2D eigenvalue weighted by Gasteiger charge is -2.33. The number of aliphatic carboxylic acids is 1. The second kappa shape index (κ2) is 8.05. The van der Waals surface area contributed by atoms with Crippen molar-refractivity contribution < 1.29 is 33.3 Å². The maximum Gasteiger partial charge on any atom is 0.409 e. The molecule has 0 aliphatic rings. The summed E-state index contributed by atoms with van der Waals surface area (Å²) in [5, 5.41) is 20.3. The lowest BCUT2D eigenvalue weighted by Crippen LogP contribution is -2.63. The number of hydrogen-bond donors (Lipinski definition) is 3. The number of alkyl halides is 2. The van der Waals surface area contributed by atoms with E-state index in [1.807, 2.05) is 0 Å². The minimum atomic E-state index is -4.56. The molecule has 1 amide bonds. The Hall–Kier alpha value is -2.22. The average molecular weight is 345 g/mol. The van der Waals surface area contributed by atoms with Gasteiger partial charge in [0.1, 0.15) is 6.61 Å². The first-order valence-electron chi connectivity index (χ1n) is 7.41. The van der Waals surface area contributed by atoms with Crippen molar-refractivity contribution in [3.05, 3.63) is 35.9 Å². The molecule has 24 heavy (non-hydrogen) atoms. The van der Waals surface area contributed by atoms with Gasteiger partial charge in [-0.15, -0.1) is 0 Å². The van der Waals surface area contributed by atoms with Crippen LogP contribution in [0.5, 0.6) is 0 Å². The number of hydrogen-bond acceptors (Lipinski definition) is 4. The molecule has 1 aromatic rings. The van der Waals surface area contributed by atoms with Crippen LogP contribution in [0.1, 0.15) is 32.3 Å². The molecule has 1 rings (SSSR count). The van der Waals surface area contributed by atoms with Crippen molar-refractivity contribution in [2.75, 3.05) is 0 Å². The SMILES string of the molecule is CC(C)CCC(O)(NC(=O)OCc1ccccc1)C(F)(F)C(=O)O. The van der Waals surface area contributed by atoms with E-state index in [0.717, 1.165) is 0 Å². The summed E-state index contributed by atoms with van der Waals surface area (Å²) in [6.07, 6.45) is -1.88. The number of benzene rings is 1. The van der Waals surface area contributed by atoms with Crippen LogP contribution >= 0.6 is 0 Å². The Morgan fingerprint density at radius 1 is 1.25 bits per heavy atom. The summed E-state index contributed by atoms with van der Waals surface area (Å²) in [5.41, 5.74) is -2.62. The molecule has 0 fully saturated rings. The smallest absolute Gasteiger partial charge is 0.409 e.